The van der Waals surface area contributed by atoms with Gasteiger partial charge in [-0.1, -0.05) is 18.9 Å². The van der Waals surface area contributed by atoms with Gasteiger partial charge in [0.1, 0.15) is 0 Å². The van der Waals surface area contributed by atoms with Crippen LogP contribution in [0.5, 0.6) is 0 Å². The van der Waals surface area contributed by atoms with Crippen molar-refractivity contribution in [1.82, 2.24) is 4.72 Å². The molecule has 2 aromatic carbocycles. The summed E-state index contributed by atoms with van der Waals surface area (Å²) in [7, 11) is -3.59. The number of benzene rings is 2. The third kappa shape index (κ3) is 4.92. The van der Waals surface area contributed by atoms with Gasteiger partial charge in [0.2, 0.25) is 10.0 Å². The van der Waals surface area contributed by atoms with Crippen LogP contribution in [0.1, 0.15) is 36.2 Å². The fourth-order valence-corrected chi connectivity index (χ4v) is 3.42. The van der Waals surface area contributed by atoms with Crippen LogP contribution < -0.4 is 10.0 Å². The molecule has 1 amide bonds. The highest BCUT2D eigenvalue weighted by Crippen LogP contribution is 2.15. The molecule has 6 heteroatoms. The standard InChI is InChI=1S/C19H20N2O3S/c1-4-14(3)21-25(23,24)18-11-9-16(10-12-18)19(22)20-17-8-6-7-15(5-2)13-17/h2,6-14,21H,4H2,1,3H3,(H,20,22). The maximum absolute atomic E-state index is 12.3. The predicted molar refractivity (Wildman–Crippen MR) is 98.8 cm³/mol. The largest absolute Gasteiger partial charge is 0.322 e. The molecular formula is C19H20N2O3S. The first-order valence-electron chi connectivity index (χ1n) is 7.86. The van der Waals surface area contributed by atoms with E-state index < -0.39 is 10.0 Å². The molecule has 0 aromatic heterocycles. The van der Waals surface area contributed by atoms with Crippen molar-refractivity contribution in [2.24, 2.45) is 0 Å². The van der Waals surface area contributed by atoms with Gasteiger partial charge in [0.25, 0.3) is 5.91 Å². The van der Waals surface area contributed by atoms with Gasteiger partial charge in [-0.15, -0.1) is 6.42 Å². The fourth-order valence-electron chi connectivity index (χ4n) is 2.09. The molecule has 0 fully saturated rings. The molecule has 0 aliphatic carbocycles. The maximum atomic E-state index is 12.3. The molecular weight excluding hydrogens is 336 g/mol. The fraction of sp³-hybridized carbons (Fsp3) is 0.211. The highest BCUT2D eigenvalue weighted by Gasteiger charge is 2.17. The molecule has 0 aliphatic rings. The minimum Gasteiger partial charge on any atom is -0.322 e. The van der Waals surface area contributed by atoms with Gasteiger partial charge in [0.15, 0.2) is 0 Å². The summed E-state index contributed by atoms with van der Waals surface area (Å²) in [6, 6.07) is 12.6. The first-order valence-corrected chi connectivity index (χ1v) is 9.34. The molecule has 2 aromatic rings. The van der Waals surface area contributed by atoms with Crippen LogP contribution in [0.25, 0.3) is 0 Å². The van der Waals surface area contributed by atoms with Crippen molar-refractivity contribution in [3.8, 4) is 12.3 Å². The SMILES string of the molecule is C#Cc1cccc(NC(=O)c2ccc(S(=O)(=O)NC(C)CC)cc2)c1. The number of sulfonamides is 1. The van der Waals surface area contributed by atoms with Gasteiger partial charge in [0.05, 0.1) is 4.90 Å². The van der Waals surface area contributed by atoms with E-state index in [1.54, 1.807) is 31.2 Å². The van der Waals surface area contributed by atoms with Crippen molar-refractivity contribution in [2.45, 2.75) is 31.2 Å². The molecule has 0 spiro atoms. The van der Waals surface area contributed by atoms with E-state index in [9.17, 15) is 13.2 Å². The molecule has 25 heavy (non-hydrogen) atoms. The lowest BCUT2D eigenvalue weighted by atomic mass is 10.2. The minimum atomic E-state index is -3.59. The average molecular weight is 356 g/mol. The summed E-state index contributed by atoms with van der Waals surface area (Å²) in [6.07, 6.45) is 6.03. The number of anilines is 1. The smallest absolute Gasteiger partial charge is 0.255 e. The molecule has 0 bridgehead atoms. The summed E-state index contributed by atoms with van der Waals surface area (Å²) in [5.74, 6) is 2.16. The molecule has 2 N–H and O–H groups in total. The Labute approximate surface area is 148 Å². The number of hydrogen-bond donors (Lipinski definition) is 2. The molecule has 0 aliphatic heterocycles. The maximum Gasteiger partial charge on any atom is 0.255 e. The lowest BCUT2D eigenvalue weighted by Gasteiger charge is -2.12. The van der Waals surface area contributed by atoms with Crippen molar-refractivity contribution in [1.29, 1.82) is 0 Å². The van der Waals surface area contributed by atoms with Crippen LogP contribution in [0.15, 0.2) is 53.4 Å². The third-order valence-corrected chi connectivity index (χ3v) is 5.29. The Kier molecular flexibility index (Phi) is 5.97. The Hall–Kier alpha value is -2.62. The van der Waals surface area contributed by atoms with E-state index in [1.807, 2.05) is 6.92 Å². The number of nitrogens with one attached hydrogen (secondary N) is 2. The summed E-state index contributed by atoms with van der Waals surface area (Å²) in [4.78, 5) is 12.4. The Morgan fingerprint density at radius 2 is 1.88 bits per heavy atom. The highest BCUT2D eigenvalue weighted by atomic mass is 32.2. The van der Waals surface area contributed by atoms with E-state index in [-0.39, 0.29) is 16.8 Å². The Bertz CT molecular complexity index is 897. The van der Waals surface area contributed by atoms with Crippen LogP contribution in [-0.2, 0) is 10.0 Å². The summed E-state index contributed by atoms with van der Waals surface area (Å²) >= 11 is 0. The van der Waals surface area contributed by atoms with Gasteiger partial charge in [-0.25, -0.2) is 13.1 Å². The zero-order valence-corrected chi connectivity index (χ0v) is 14.9. The Morgan fingerprint density at radius 1 is 1.20 bits per heavy atom. The average Bonchev–Trinajstić information content (AvgIpc) is 2.61. The van der Waals surface area contributed by atoms with E-state index in [2.05, 4.69) is 16.0 Å². The van der Waals surface area contributed by atoms with Crippen molar-refractivity contribution >= 4 is 21.6 Å². The number of carbonyl (C=O) groups is 1. The van der Waals surface area contributed by atoms with Gasteiger partial charge in [-0.2, -0.15) is 0 Å². The molecule has 0 saturated heterocycles. The zero-order valence-electron chi connectivity index (χ0n) is 14.1. The molecule has 130 valence electrons. The molecule has 0 radical (unpaired) electrons. The van der Waals surface area contributed by atoms with Crippen LogP contribution in [-0.4, -0.2) is 20.4 Å². The summed E-state index contributed by atoms with van der Waals surface area (Å²) in [6.45, 7) is 3.69. The summed E-state index contributed by atoms with van der Waals surface area (Å²) in [5.41, 5.74) is 1.60. The van der Waals surface area contributed by atoms with E-state index in [0.29, 0.717) is 23.2 Å². The third-order valence-electron chi connectivity index (χ3n) is 3.68. The predicted octanol–water partition coefficient (Wildman–Crippen LogP) is 3.00. The normalized spacial score (nSPS) is 12.2. The first kappa shape index (κ1) is 18.7. The Balaban J connectivity index is 2.14. The van der Waals surface area contributed by atoms with E-state index >= 15 is 0 Å². The molecule has 5 nitrogen and oxygen atoms in total. The number of carbonyl (C=O) groups excluding carboxylic acids is 1. The van der Waals surface area contributed by atoms with Crippen molar-refractivity contribution in [2.75, 3.05) is 5.32 Å². The van der Waals surface area contributed by atoms with Crippen LogP contribution in [0.3, 0.4) is 0 Å². The monoisotopic (exact) mass is 356 g/mol. The second-order valence-electron chi connectivity index (χ2n) is 5.63. The van der Waals surface area contributed by atoms with Gasteiger partial charge in [0, 0.05) is 22.9 Å². The number of amides is 1. The van der Waals surface area contributed by atoms with E-state index in [0.717, 1.165) is 0 Å². The molecule has 1 unspecified atom stereocenters. The first-order chi connectivity index (χ1) is 11.9. The van der Waals surface area contributed by atoms with Crippen LogP contribution in [0.2, 0.25) is 0 Å². The second-order valence-corrected chi connectivity index (χ2v) is 7.35. The van der Waals surface area contributed by atoms with Crippen molar-refractivity contribution in [3.63, 3.8) is 0 Å². The number of rotatable bonds is 6. The molecule has 0 heterocycles. The van der Waals surface area contributed by atoms with Crippen LogP contribution in [0.4, 0.5) is 5.69 Å². The Morgan fingerprint density at radius 3 is 2.48 bits per heavy atom. The van der Waals surface area contributed by atoms with Gasteiger partial charge in [-0.3, -0.25) is 4.79 Å². The molecule has 0 saturated carbocycles. The second kappa shape index (κ2) is 7.97. The van der Waals surface area contributed by atoms with Crippen LogP contribution in [0, 0.1) is 12.3 Å². The van der Waals surface area contributed by atoms with Crippen molar-refractivity contribution < 1.29 is 13.2 Å². The topological polar surface area (TPSA) is 75.3 Å². The molecule has 1 atom stereocenters. The zero-order chi connectivity index (χ0) is 18.4. The quantitative estimate of drug-likeness (QED) is 0.781. The van der Waals surface area contributed by atoms with Gasteiger partial charge in [-0.05, 0) is 55.8 Å². The number of hydrogen-bond acceptors (Lipinski definition) is 3. The van der Waals surface area contributed by atoms with Gasteiger partial charge < -0.3 is 5.32 Å². The van der Waals surface area contributed by atoms with E-state index in [4.69, 9.17) is 6.42 Å². The summed E-state index contributed by atoms with van der Waals surface area (Å²) in [5, 5.41) is 2.73. The lowest BCUT2D eigenvalue weighted by molar-refractivity contribution is 0.102. The van der Waals surface area contributed by atoms with Crippen LogP contribution >= 0.6 is 0 Å². The lowest BCUT2D eigenvalue weighted by Crippen LogP contribution is -2.32. The van der Waals surface area contributed by atoms with Gasteiger partial charge >= 0.3 is 0 Å². The highest BCUT2D eigenvalue weighted by molar-refractivity contribution is 7.89. The van der Waals surface area contributed by atoms with Crippen molar-refractivity contribution in [3.05, 3.63) is 59.7 Å². The number of terminal acetylenes is 1. The summed E-state index contributed by atoms with van der Waals surface area (Å²) < 4.78 is 27.0. The minimum absolute atomic E-state index is 0.124. The molecule has 2 rings (SSSR count). The van der Waals surface area contributed by atoms with E-state index in [1.165, 1.54) is 24.3 Å².